The standard InChI is InChI=1S/C23H22N2O6S/c1-14-8-10-25(11-9-14)20-21(26)16-4-2-3-5-17(16)22(27)23(20)32(28,29)24-15-6-7-18-19(12-15)31-13-30-18/h2-7,12,14,24H,8-11,13H2,1H3. The second-order valence-corrected chi connectivity index (χ2v) is 9.84. The Morgan fingerprint density at radius 3 is 2.31 bits per heavy atom. The molecule has 1 aliphatic carbocycles. The number of fused-ring (bicyclic) bond motifs is 2. The number of carbonyl (C=O) groups excluding carboxylic acids is 2. The number of benzene rings is 2. The topological polar surface area (TPSA) is 102 Å². The molecule has 2 heterocycles. The minimum absolute atomic E-state index is 0.0474. The highest BCUT2D eigenvalue weighted by atomic mass is 32.2. The van der Waals surface area contributed by atoms with Gasteiger partial charge in [-0.2, -0.15) is 0 Å². The van der Waals surface area contributed by atoms with E-state index >= 15 is 0 Å². The lowest BCUT2D eigenvalue weighted by Gasteiger charge is -2.35. The number of carbonyl (C=O) groups is 2. The van der Waals surface area contributed by atoms with Crippen LogP contribution in [0.5, 0.6) is 11.5 Å². The number of sulfonamides is 1. The molecular weight excluding hydrogens is 432 g/mol. The van der Waals surface area contributed by atoms with Crippen molar-refractivity contribution >= 4 is 27.3 Å². The molecule has 0 aromatic heterocycles. The van der Waals surface area contributed by atoms with Crippen LogP contribution in [0.15, 0.2) is 53.1 Å². The van der Waals surface area contributed by atoms with Crippen LogP contribution in [0, 0.1) is 5.92 Å². The van der Waals surface area contributed by atoms with Crippen molar-refractivity contribution in [3.63, 3.8) is 0 Å². The summed E-state index contributed by atoms with van der Waals surface area (Å²) < 4.78 is 40.0. The summed E-state index contributed by atoms with van der Waals surface area (Å²) in [5.41, 5.74) is 0.493. The highest BCUT2D eigenvalue weighted by Gasteiger charge is 2.42. The van der Waals surface area contributed by atoms with Gasteiger partial charge in [-0.3, -0.25) is 14.3 Å². The number of rotatable bonds is 4. The van der Waals surface area contributed by atoms with Crippen LogP contribution < -0.4 is 14.2 Å². The van der Waals surface area contributed by atoms with Crippen molar-refractivity contribution in [2.75, 3.05) is 24.6 Å². The Morgan fingerprint density at radius 2 is 1.59 bits per heavy atom. The molecule has 0 atom stereocenters. The zero-order valence-electron chi connectivity index (χ0n) is 17.5. The maximum absolute atomic E-state index is 13.5. The van der Waals surface area contributed by atoms with Crippen LogP contribution in [-0.2, 0) is 10.0 Å². The van der Waals surface area contributed by atoms with Gasteiger partial charge in [0.05, 0.1) is 5.69 Å². The van der Waals surface area contributed by atoms with Crippen molar-refractivity contribution < 1.29 is 27.5 Å². The Hall–Kier alpha value is -3.33. The van der Waals surface area contributed by atoms with Crippen LogP contribution in [0.3, 0.4) is 0 Å². The number of likely N-dealkylation sites (tertiary alicyclic amines) is 1. The first-order valence-electron chi connectivity index (χ1n) is 10.5. The molecule has 1 saturated heterocycles. The lowest BCUT2D eigenvalue weighted by atomic mass is 9.90. The molecule has 5 rings (SSSR count). The molecule has 1 fully saturated rings. The van der Waals surface area contributed by atoms with Gasteiger partial charge in [-0.25, -0.2) is 8.42 Å². The van der Waals surface area contributed by atoms with E-state index in [1.165, 1.54) is 18.2 Å². The molecule has 1 N–H and O–H groups in total. The third-order valence-electron chi connectivity index (χ3n) is 6.05. The maximum Gasteiger partial charge on any atom is 0.268 e. The fraction of sp³-hybridized carbons (Fsp3) is 0.304. The van der Waals surface area contributed by atoms with Crippen LogP contribution in [0.4, 0.5) is 5.69 Å². The Balaban J connectivity index is 1.60. The van der Waals surface area contributed by atoms with Crippen molar-refractivity contribution in [3.05, 3.63) is 64.2 Å². The Kier molecular flexibility index (Phi) is 4.93. The predicted molar refractivity (Wildman–Crippen MR) is 117 cm³/mol. The highest BCUT2D eigenvalue weighted by Crippen LogP contribution is 2.37. The van der Waals surface area contributed by atoms with Crippen molar-refractivity contribution in [1.82, 2.24) is 4.90 Å². The smallest absolute Gasteiger partial charge is 0.268 e. The van der Waals surface area contributed by atoms with Gasteiger partial charge >= 0.3 is 0 Å². The second kappa shape index (κ2) is 7.67. The number of ether oxygens (including phenoxy) is 2. The van der Waals surface area contributed by atoms with Crippen molar-refractivity contribution in [2.24, 2.45) is 5.92 Å². The van der Waals surface area contributed by atoms with Gasteiger partial charge in [0.1, 0.15) is 5.70 Å². The summed E-state index contributed by atoms with van der Waals surface area (Å²) in [6.45, 7) is 3.20. The Labute approximate surface area is 185 Å². The van der Waals surface area contributed by atoms with E-state index in [-0.39, 0.29) is 29.3 Å². The van der Waals surface area contributed by atoms with Crippen LogP contribution in [0.2, 0.25) is 0 Å². The van der Waals surface area contributed by atoms with Gasteiger partial charge in [0.2, 0.25) is 18.4 Å². The first-order chi connectivity index (χ1) is 15.3. The minimum atomic E-state index is -4.37. The number of hydrogen-bond acceptors (Lipinski definition) is 7. The summed E-state index contributed by atoms with van der Waals surface area (Å²) in [6, 6.07) is 10.9. The van der Waals surface area contributed by atoms with Crippen LogP contribution >= 0.6 is 0 Å². The van der Waals surface area contributed by atoms with E-state index in [1.807, 2.05) is 0 Å². The molecule has 32 heavy (non-hydrogen) atoms. The summed E-state index contributed by atoms with van der Waals surface area (Å²) >= 11 is 0. The summed E-state index contributed by atoms with van der Waals surface area (Å²) in [6.07, 6.45) is 1.63. The number of piperidine rings is 1. The number of nitrogens with one attached hydrogen (secondary N) is 1. The molecule has 0 unspecified atom stereocenters. The number of anilines is 1. The van der Waals surface area contributed by atoms with Gasteiger partial charge < -0.3 is 14.4 Å². The summed E-state index contributed by atoms with van der Waals surface area (Å²) in [7, 11) is -4.37. The molecule has 2 aromatic carbocycles. The normalized spacial score (nSPS) is 18.7. The average Bonchev–Trinajstić information content (AvgIpc) is 3.24. The first kappa shape index (κ1) is 20.6. The highest BCUT2D eigenvalue weighted by molar-refractivity contribution is 7.97. The molecule has 3 aliphatic rings. The molecule has 0 spiro atoms. The van der Waals surface area contributed by atoms with Gasteiger partial charge in [-0.1, -0.05) is 31.2 Å². The molecule has 2 aliphatic heterocycles. The van der Waals surface area contributed by atoms with Gasteiger partial charge in [0, 0.05) is 30.3 Å². The summed E-state index contributed by atoms with van der Waals surface area (Å²) in [4.78, 5) is 28.1. The first-order valence-corrected chi connectivity index (χ1v) is 11.9. The lowest BCUT2D eigenvalue weighted by molar-refractivity contribution is 0.0933. The maximum atomic E-state index is 13.5. The SMILES string of the molecule is CC1CCN(C2=C(S(=O)(=O)Nc3ccc4c(c3)OCO4)C(=O)c3ccccc3C2=O)CC1. The Morgan fingerprint density at radius 1 is 0.938 bits per heavy atom. The fourth-order valence-electron chi connectivity index (χ4n) is 4.27. The lowest BCUT2D eigenvalue weighted by Crippen LogP contribution is -2.41. The van der Waals surface area contributed by atoms with E-state index in [9.17, 15) is 18.0 Å². The van der Waals surface area contributed by atoms with E-state index in [4.69, 9.17) is 9.47 Å². The molecule has 166 valence electrons. The van der Waals surface area contributed by atoms with Gasteiger partial charge in [-0.05, 0) is 30.9 Å². The van der Waals surface area contributed by atoms with E-state index < -0.39 is 26.5 Å². The molecule has 2 aromatic rings. The van der Waals surface area contributed by atoms with Gasteiger partial charge in [0.15, 0.2) is 16.4 Å². The van der Waals surface area contributed by atoms with Crippen LogP contribution in [0.1, 0.15) is 40.5 Å². The zero-order valence-corrected chi connectivity index (χ0v) is 18.3. The minimum Gasteiger partial charge on any atom is -0.454 e. The average molecular weight is 455 g/mol. The molecule has 9 heteroatoms. The third-order valence-corrected chi connectivity index (χ3v) is 7.47. The summed E-state index contributed by atoms with van der Waals surface area (Å²) in [5.74, 6) is 0.261. The van der Waals surface area contributed by atoms with Crippen molar-refractivity contribution in [2.45, 2.75) is 19.8 Å². The van der Waals surface area contributed by atoms with Crippen molar-refractivity contribution in [1.29, 1.82) is 0 Å². The van der Waals surface area contributed by atoms with Crippen LogP contribution in [-0.4, -0.2) is 44.8 Å². The largest absolute Gasteiger partial charge is 0.454 e. The molecule has 0 saturated carbocycles. The van der Waals surface area contributed by atoms with E-state index in [2.05, 4.69) is 11.6 Å². The number of nitrogens with zero attached hydrogens (tertiary/aromatic N) is 1. The molecule has 8 nitrogen and oxygen atoms in total. The monoisotopic (exact) mass is 454 g/mol. The predicted octanol–water partition coefficient (Wildman–Crippen LogP) is 3.18. The fourth-order valence-corrected chi connectivity index (χ4v) is 5.64. The van der Waals surface area contributed by atoms with Gasteiger partial charge in [0.25, 0.3) is 10.0 Å². The van der Waals surface area contributed by atoms with Crippen LogP contribution in [0.25, 0.3) is 0 Å². The van der Waals surface area contributed by atoms with Gasteiger partial charge in [-0.15, -0.1) is 0 Å². The van der Waals surface area contributed by atoms with Crippen molar-refractivity contribution in [3.8, 4) is 11.5 Å². The molecule has 0 amide bonds. The molecule has 0 radical (unpaired) electrons. The number of hydrogen-bond donors (Lipinski definition) is 1. The zero-order chi connectivity index (χ0) is 22.5. The number of Topliss-reactive ketones (excluding diaryl/α,β-unsaturated/α-hetero) is 2. The molecular formula is C23H22N2O6S. The summed E-state index contributed by atoms with van der Waals surface area (Å²) in [5, 5.41) is 0. The third kappa shape index (κ3) is 3.42. The number of ketones is 2. The quantitative estimate of drug-likeness (QED) is 0.757. The Bertz CT molecular complexity index is 1260. The number of allylic oxidation sites excluding steroid dienone is 2. The van der Waals surface area contributed by atoms with E-state index in [1.54, 1.807) is 29.2 Å². The van der Waals surface area contributed by atoms with E-state index in [0.717, 1.165) is 12.8 Å². The van der Waals surface area contributed by atoms with E-state index in [0.29, 0.717) is 30.5 Å². The second-order valence-electron chi connectivity index (χ2n) is 8.22. The molecule has 0 bridgehead atoms.